The zero-order valence-electron chi connectivity index (χ0n) is 11.5. The van der Waals surface area contributed by atoms with Crippen LogP contribution in [-0.4, -0.2) is 39.1 Å². The highest BCUT2D eigenvalue weighted by Crippen LogP contribution is 2.33. The summed E-state index contributed by atoms with van der Waals surface area (Å²) in [5.74, 6) is -0.788. The summed E-state index contributed by atoms with van der Waals surface area (Å²) in [6, 6.07) is 4.33. The maximum Gasteiger partial charge on any atom is 0.327 e. The van der Waals surface area contributed by atoms with Crippen LogP contribution in [0.5, 0.6) is 0 Å². The quantitative estimate of drug-likeness (QED) is 0.833. The second-order valence-corrected chi connectivity index (χ2v) is 6.04. The van der Waals surface area contributed by atoms with Crippen molar-refractivity contribution in [1.29, 1.82) is 0 Å². The molecular formula is C14H18N2O3S. The number of aliphatic carboxylic acids is 1. The first-order valence-electron chi connectivity index (χ1n) is 6.49. The van der Waals surface area contributed by atoms with Crippen LogP contribution in [0.4, 0.5) is 5.69 Å². The predicted molar refractivity (Wildman–Crippen MR) is 79.7 cm³/mol. The maximum atomic E-state index is 12.6. The number of carboxylic acids is 1. The van der Waals surface area contributed by atoms with Crippen molar-refractivity contribution in [3.05, 3.63) is 29.3 Å². The number of hydrogen-bond acceptors (Lipinski definition) is 4. The number of nitrogens with zero attached hydrogens (tertiary/aromatic N) is 1. The van der Waals surface area contributed by atoms with Gasteiger partial charge in [0.2, 0.25) is 0 Å². The van der Waals surface area contributed by atoms with E-state index in [1.165, 1.54) is 16.7 Å². The Morgan fingerprint density at radius 1 is 1.50 bits per heavy atom. The third-order valence-corrected chi connectivity index (χ3v) is 4.94. The molecule has 1 amide bonds. The largest absolute Gasteiger partial charge is 0.480 e. The van der Waals surface area contributed by atoms with Crippen LogP contribution in [0, 0.1) is 6.92 Å². The smallest absolute Gasteiger partial charge is 0.327 e. The predicted octanol–water partition coefficient (Wildman–Crippen LogP) is 1.96. The van der Waals surface area contributed by atoms with Gasteiger partial charge in [0.25, 0.3) is 5.91 Å². The number of carboxylic acid groups (broad SMARTS) is 1. The Balaban J connectivity index is 2.33. The van der Waals surface area contributed by atoms with Crippen molar-refractivity contribution in [2.75, 3.05) is 11.5 Å². The Kier molecular flexibility index (Phi) is 4.23. The highest BCUT2D eigenvalue weighted by atomic mass is 32.2. The molecular weight excluding hydrogens is 276 g/mol. The summed E-state index contributed by atoms with van der Waals surface area (Å²) >= 11 is 1.51. The van der Waals surface area contributed by atoms with Crippen LogP contribution >= 0.6 is 11.8 Å². The maximum absolute atomic E-state index is 12.6. The van der Waals surface area contributed by atoms with Gasteiger partial charge in [-0.1, -0.05) is 13.0 Å². The summed E-state index contributed by atoms with van der Waals surface area (Å²) in [6.45, 7) is 3.82. The van der Waals surface area contributed by atoms with Gasteiger partial charge in [0.15, 0.2) is 0 Å². The second kappa shape index (κ2) is 5.75. The van der Waals surface area contributed by atoms with Gasteiger partial charge < -0.3 is 15.7 Å². The molecule has 1 heterocycles. The zero-order chi connectivity index (χ0) is 14.9. The molecule has 0 aliphatic carbocycles. The highest BCUT2D eigenvalue weighted by molar-refractivity contribution is 8.00. The average molecular weight is 294 g/mol. The molecule has 2 rings (SSSR count). The molecule has 1 aromatic carbocycles. The molecule has 1 aliphatic rings. The summed E-state index contributed by atoms with van der Waals surface area (Å²) in [7, 11) is 0. The van der Waals surface area contributed by atoms with Gasteiger partial charge in [-0.05, 0) is 31.0 Å². The SMILES string of the molecule is CCC1SCC(C(=O)O)N1C(=O)c1ccc(C)c(N)c1. The van der Waals surface area contributed by atoms with Gasteiger partial charge in [-0.15, -0.1) is 11.8 Å². The first kappa shape index (κ1) is 14.7. The van der Waals surface area contributed by atoms with E-state index in [-0.39, 0.29) is 11.3 Å². The number of carbonyl (C=O) groups is 2. The van der Waals surface area contributed by atoms with Gasteiger partial charge >= 0.3 is 5.97 Å². The average Bonchev–Trinajstić information content (AvgIpc) is 2.85. The van der Waals surface area contributed by atoms with Crippen LogP contribution in [0.1, 0.15) is 29.3 Å². The van der Waals surface area contributed by atoms with Gasteiger partial charge in [0, 0.05) is 17.0 Å². The van der Waals surface area contributed by atoms with Crippen LogP contribution < -0.4 is 5.73 Å². The lowest BCUT2D eigenvalue weighted by Crippen LogP contribution is -2.45. The molecule has 0 spiro atoms. The van der Waals surface area contributed by atoms with Crippen LogP contribution in [0.3, 0.4) is 0 Å². The third kappa shape index (κ3) is 2.60. The Hall–Kier alpha value is -1.69. The second-order valence-electron chi connectivity index (χ2n) is 4.83. The highest BCUT2D eigenvalue weighted by Gasteiger charge is 2.41. The first-order valence-corrected chi connectivity index (χ1v) is 7.53. The van der Waals surface area contributed by atoms with E-state index >= 15 is 0 Å². The molecule has 0 bridgehead atoms. The molecule has 2 atom stereocenters. The number of rotatable bonds is 3. The number of carbonyl (C=O) groups excluding carboxylic acids is 1. The molecule has 20 heavy (non-hydrogen) atoms. The molecule has 0 radical (unpaired) electrons. The molecule has 108 valence electrons. The molecule has 1 aliphatic heterocycles. The number of thioether (sulfide) groups is 1. The standard InChI is InChI=1S/C14H18N2O3S/c1-3-12-16(11(7-20-12)14(18)19)13(17)9-5-4-8(2)10(15)6-9/h4-6,11-12H,3,7,15H2,1-2H3,(H,18,19). The number of nitrogen functional groups attached to an aromatic ring is 1. The molecule has 1 aromatic rings. The first-order chi connectivity index (χ1) is 9.45. The van der Waals surface area contributed by atoms with Crippen molar-refractivity contribution in [3.63, 3.8) is 0 Å². The minimum atomic E-state index is -0.957. The molecule has 1 saturated heterocycles. The van der Waals surface area contributed by atoms with Crippen molar-refractivity contribution in [3.8, 4) is 0 Å². The van der Waals surface area contributed by atoms with E-state index in [0.29, 0.717) is 17.0 Å². The molecule has 5 nitrogen and oxygen atoms in total. The topological polar surface area (TPSA) is 83.6 Å². The fourth-order valence-electron chi connectivity index (χ4n) is 2.26. The molecule has 1 fully saturated rings. The van der Waals surface area contributed by atoms with Gasteiger partial charge in [-0.2, -0.15) is 0 Å². The van der Waals surface area contributed by atoms with E-state index in [0.717, 1.165) is 12.0 Å². The minimum absolute atomic E-state index is 0.0915. The van der Waals surface area contributed by atoms with E-state index < -0.39 is 12.0 Å². The van der Waals surface area contributed by atoms with E-state index in [2.05, 4.69) is 0 Å². The number of amides is 1. The Labute approximate surface area is 122 Å². The lowest BCUT2D eigenvalue weighted by atomic mass is 10.1. The van der Waals surface area contributed by atoms with Crippen LogP contribution in [-0.2, 0) is 4.79 Å². The number of nitrogens with two attached hydrogens (primary N) is 1. The van der Waals surface area contributed by atoms with Gasteiger partial charge in [0.05, 0.1) is 5.37 Å². The third-order valence-electron chi connectivity index (χ3n) is 3.49. The number of aryl methyl sites for hydroxylation is 1. The lowest BCUT2D eigenvalue weighted by Gasteiger charge is -2.26. The van der Waals surface area contributed by atoms with Crippen molar-refractivity contribution >= 4 is 29.3 Å². The van der Waals surface area contributed by atoms with Crippen LogP contribution in [0.2, 0.25) is 0 Å². The van der Waals surface area contributed by atoms with Crippen molar-refractivity contribution in [1.82, 2.24) is 4.90 Å². The summed E-state index contributed by atoms with van der Waals surface area (Å²) < 4.78 is 0. The fourth-order valence-corrected chi connectivity index (χ4v) is 3.61. The molecule has 6 heteroatoms. The monoisotopic (exact) mass is 294 g/mol. The summed E-state index contributed by atoms with van der Waals surface area (Å²) in [4.78, 5) is 25.4. The Morgan fingerprint density at radius 3 is 2.75 bits per heavy atom. The Bertz CT molecular complexity index is 547. The minimum Gasteiger partial charge on any atom is -0.480 e. The van der Waals surface area contributed by atoms with E-state index in [9.17, 15) is 14.7 Å². The van der Waals surface area contributed by atoms with Crippen molar-refractivity contribution in [2.45, 2.75) is 31.7 Å². The lowest BCUT2D eigenvalue weighted by molar-refractivity contribution is -0.141. The van der Waals surface area contributed by atoms with Crippen LogP contribution in [0.25, 0.3) is 0 Å². The Morgan fingerprint density at radius 2 is 2.20 bits per heavy atom. The molecule has 0 saturated carbocycles. The normalized spacial score (nSPS) is 22.0. The fraction of sp³-hybridized carbons (Fsp3) is 0.429. The summed E-state index contributed by atoms with van der Waals surface area (Å²) in [6.07, 6.45) is 0.724. The van der Waals surface area contributed by atoms with E-state index in [1.807, 2.05) is 13.8 Å². The van der Waals surface area contributed by atoms with Gasteiger partial charge in [-0.3, -0.25) is 4.79 Å². The number of benzene rings is 1. The zero-order valence-corrected chi connectivity index (χ0v) is 12.3. The van der Waals surface area contributed by atoms with E-state index in [1.54, 1.807) is 18.2 Å². The summed E-state index contributed by atoms with van der Waals surface area (Å²) in [5, 5.41) is 9.17. The van der Waals surface area contributed by atoms with Crippen molar-refractivity contribution < 1.29 is 14.7 Å². The van der Waals surface area contributed by atoms with Crippen molar-refractivity contribution in [2.24, 2.45) is 0 Å². The van der Waals surface area contributed by atoms with Gasteiger partial charge in [0.1, 0.15) is 6.04 Å². The number of hydrogen-bond donors (Lipinski definition) is 2. The molecule has 2 unspecified atom stereocenters. The summed E-state index contributed by atoms with van der Waals surface area (Å²) in [5.41, 5.74) is 7.72. The molecule has 3 N–H and O–H groups in total. The van der Waals surface area contributed by atoms with Crippen LogP contribution in [0.15, 0.2) is 18.2 Å². The molecule has 0 aromatic heterocycles. The number of anilines is 1. The van der Waals surface area contributed by atoms with E-state index in [4.69, 9.17) is 5.73 Å². The van der Waals surface area contributed by atoms with Gasteiger partial charge in [-0.25, -0.2) is 4.79 Å².